The van der Waals surface area contributed by atoms with E-state index in [1.54, 1.807) is 6.33 Å². The van der Waals surface area contributed by atoms with E-state index in [-0.39, 0.29) is 5.41 Å². The Kier molecular flexibility index (Phi) is 4.27. The zero-order valence-corrected chi connectivity index (χ0v) is 10.0. The van der Waals surface area contributed by atoms with E-state index in [9.17, 15) is 0 Å². The fourth-order valence-electron chi connectivity index (χ4n) is 1.55. The maximum absolute atomic E-state index is 5.80. The predicted molar refractivity (Wildman–Crippen MR) is 61.5 cm³/mol. The second-order valence-electron chi connectivity index (χ2n) is 4.44. The van der Waals surface area contributed by atoms with Gasteiger partial charge in [0.1, 0.15) is 12.2 Å². The number of nitrogens with zero attached hydrogens (tertiary/aromatic N) is 3. The van der Waals surface area contributed by atoms with Gasteiger partial charge in [0.25, 0.3) is 0 Å². The van der Waals surface area contributed by atoms with Crippen molar-refractivity contribution in [1.29, 1.82) is 0 Å². The Bertz CT molecular complexity index is 289. The zero-order valence-electron chi connectivity index (χ0n) is 10.0. The summed E-state index contributed by atoms with van der Waals surface area (Å²) in [7, 11) is 0. The van der Waals surface area contributed by atoms with Crippen LogP contribution in [0.3, 0.4) is 0 Å². The molecule has 86 valence electrons. The van der Waals surface area contributed by atoms with Crippen LogP contribution in [0, 0.1) is 5.41 Å². The summed E-state index contributed by atoms with van der Waals surface area (Å²) >= 11 is 0. The van der Waals surface area contributed by atoms with Gasteiger partial charge in [0, 0.05) is 13.0 Å². The Morgan fingerprint density at radius 1 is 1.47 bits per heavy atom. The number of aryl methyl sites for hydroxylation is 1. The van der Waals surface area contributed by atoms with Crippen molar-refractivity contribution >= 4 is 0 Å². The first-order valence-electron chi connectivity index (χ1n) is 5.72. The maximum atomic E-state index is 5.80. The van der Waals surface area contributed by atoms with E-state index >= 15 is 0 Å². The summed E-state index contributed by atoms with van der Waals surface area (Å²) in [6.07, 6.45) is 4.71. The van der Waals surface area contributed by atoms with E-state index in [1.807, 2.05) is 4.68 Å². The molecule has 0 bridgehead atoms. The Labute approximate surface area is 91.9 Å². The average molecular weight is 210 g/mol. The highest BCUT2D eigenvalue weighted by Crippen LogP contribution is 2.23. The normalized spacial score (nSPS) is 15.2. The summed E-state index contributed by atoms with van der Waals surface area (Å²) < 4.78 is 1.99. The first kappa shape index (κ1) is 12.2. The Hall–Kier alpha value is -0.900. The molecule has 0 aliphatic carbocycles. The van der Waals surface area contributed by atoms with Crippen LogP contribution >= 0.6 is 0 Å². The number of hydrogen-bond donors (Lipinski definition) is 1. The average Bonchev–Trinajstić information content (AvgIpc) is 2.66. The molecular formula is C11H22N4. The monoisotopic (exact) mass is 210 g/mol. The molecule has 1 atom stereocenters. The smallest absolute Gasteiger partial charge is 0.138 e. The third-order valence-corrected chi connectivity index (χ3v) is 3.06. The molecule has 0 aliphatic heterocycles. The molecule has 1 heterocycles. The fourth-order valence-corrected chi connectivity index (χ4v) is 1.55. The summed E-state index contributed by atoms with van der Waals surface area (Å²) in [4.78, 5) is 4.31. The molecule has 4 nitrogen and oxygen atoms in total. The Morgan fingerprint density at radius 2 is 2.20 bits per heavy atom. The van der Waals surface area contributed by atoms with Crippen molar-refractivity contribution < 1.29 is 0 Å². The van der Waals surface area contributed by atoms with Crippen LogP contribution in [0.5, 0.6) is 0 Å². The van der Waals surface area contributed by atoms with E-state index in [0.717, 1.165) is 31.6 Å². The molecule has 0 amide bonds. The topological polar surface area (TPSA) is 56.7 Å². The maximum Gasteiger partial charge on any atom is 0.138 e. The third kappa shape index (κ3) is 3.02. The minimum absolute atomic E-state index is 0.151. The quantitative estimate of drug-likeness (QED) is 0.776. The molecule has 1 aromatic rings. The van der Waals surface area contributed by atoms with Crippen LogP contribution in [-0.4, -0.2) is 21.3 Å². The Morgan fingerprint density at radius 3 is 2.73 bits per heavy atom. The highest BCUT2D eigenvalue weighted by Gasteiger charge is 2.23. The largest absolute Gasteiger partial charge is 0.330 e. The molecule has 0 aliphatic rings. The van der Waals surface area contributed by atoms with Gasteiger partial charge in [-0.05, 0) is 24.8 Å². The lowest BCUT2D eigenvalue weighted by atomic mass is 9.84. The molecule has 0 saturated heterocycles. The number of hydrogen-bond acceptors (Lipinski definition) is 3. The SMILES string of the molecule is CCCn1ncnc1CC(C)(CC)CN. The summed E-state index contributed by atoms with van der Waals surface area (Å²) in [6.45, 7) is 8.17. The summed E-state index contributed by atoms with van der Waals surface area (Å²) in [5, 5.41) is 4.22. The van der Waals surface area contributed by atoms with Gasteiger partial charge in [0.05, 0.1) is 0 Å². The lowest BCUT2D eigenvalue weighted by Crippen LogP contribution is -2.30. The fraction of sp³-hybridized carbons (Fsp3) is 0.818. The standard InChI is InChI=1S/C11H22N4/c1-4-6-15-10(13-9-14-15)7-11(3,5-2)8-12/h9H,4-8,12H2,1-3H3. The van der Waals surface area contributed by atoms with Crippen LogP contribution in [0.1, 0.15) is 39.4 Å². The summed E-state index contributed by atoms with van der Waals surface area (Å²) in [6, 6.07) is 0. The highest BCUT2D eigenvalue weighted by atomic mass is 15.3. The second-order valence-corrected chi connectivity index (χ2v) is 4.44. The highest BCUT2D eigenvalue weighted by molar-refractivity contribution is 4.92. The van der Waals surface area contributed by atoms with Crippen LogP contribution in [0.25, 0.3) is 0 Å². The van der Waals surface area contributed by atoms with E-state index in [4.69, 9.17) is 5.73 Å². The first-order valence-corrected chi connectivity index (χ1v) is 5.72. The van der Waals surface area contributed by atoms with Gasteiger partial charge in [-0.2, -0.15) is 5.10 Å². The summed E-state index contributed by atoms with van der Waals surface area (Å²) in [5.74, 6) is 1.06. The van der Waals surface area contributed by atoms with Gasteiger partial charge in [-0.3, -0.25) is 4.68 Å². The van der Waals surface area contributed by atoms with Gasteiger partial charge in [-0.15, -0.1) is 0 Å². The molecule has 15 heavy (non-hydrogen) atoms. The zero-order chi connectivity index (χ0) is 11.3. The predicted octanol–water partition coefficient (Wildman–Crippen LogP) is 1.61. The molecular weight excluding hydrogens is 188 g/mol. The molecule has 0 spiro atoms. The van der Waals surface area contributed by atoms with E-state index in [0.29, 0.717) is 6.54 Å². The van der Waals surface area contributed by atoms with Crippen LogP contribution in [0.15, 0.2) is 6.33 Å². The van der Waals surface area contributed by atoms with Crippen LogP contribution in [0.2, 0.25) is 0 Å². The molecule has 0 saturated carbocycles. The van der Waals surface area contributed by atoms with Gasteiger partial charge in [-0.1, -0.05) is 20.8 Å². The van der Waals surface area contributed by atoms with E-state index < -0.39 is 0 Å². The minimum atomic E-state index is 0.151. The van der Waals surface area contributed by atoms with E-state index in [1.165, 1.54) is 0 Å². The molecule has 0 radical (unpaired) electrons. The van der Waals surface area contributed by atoms with Gasteiger partial charge in [-0.25, -0.2) is 4.98 Å². The van der Waals surface area contributed by atoms with E-state index in [2.05, 4.69) is 30.9 Å². The molecule has 1 rings (SSSR count). The van der Waals surface area contributed by atoms with Crippen molar-refractivity contribution in [1.82, 2.24) is 14.8 Å². The lowest BCUT2D eigenvalue weighted by Gasteiger charge is -2.25. The van der Waals surface area contributed by atoms with Crippen molar-refractivity contribution in [2.75, 3.05) is 6.54 Å². The first-order chi connectivity index (χ1) is 7.15. The van der Waals surface area contributed by atoms with Crippen molar-refractivity contribution in [3.8, 4) is 0 Å². The molecule has 1 unspecified atom stereocenters. The van der Waals surface area contributed by atoms with Crippen molar-refractivity contribution in [2.45, 2.75) is 46.6 Å². The number of aromatic nitrogens is 3. The Balaban J connectivity index is 2.74. The minimum Gasteiger partial charge on any atom is -0.330 e. The van der Waals surface area contributed by atoms with Gasteiger partial charge in [0.15, 0.2) is 0 Å². The number of rotatable bonds is 6. The molecule has 2 N–H and O–H groups in total. The van der Waals surface area contributed by atoms with Gasteiger partial charge in [0.2, 0.25) is 0 Å². The molecule has 1 aromatic heterocycles. The molecule has 0 aromatic carbocycles. The van der Waals surface area contributed by atoms with Crippen molar-refractivity contribution in [3.63, 3.8) is 0 Å². The third-order valence-electron chi connectivity index (χ3n) is 3.06. The van der Waals surface area contributed by atoms with Crippen molar-refractivity contribution in [2.24, 2.45) is 11.1 Å². The molecule has 4 heteroatoms. The van der Waals surface area contributed by atoms with Gasteiger partial charge < -0.3 is 5.73 Å². The van der Waals surface area contributed by atoms with Crippen molar-refractivity contribution in [3.05, 3.63) is 12.2 Å². The van der Waals surface area contributed by atoms with Crippen LogP contribution < -0.4 is 5.73 Å². The number of nitrogens with two attached hydrogens (primary N) is 1. The summed E-state index contributed by atoms with van der Waals surface area (Å²) in [5.41, 5.74) is 5.95. The second kappa shape index (κ2) is 5.26. The van der Waals surface area contributed by atoms with Gasteiger partial charge >= 0.3 is 0 Å². The lowest BCUT2D eigenvalue weighted by molar-refractivity contribution is 0.306. The van der Waals surface area contributed by atoms with Crippen LogP contribution in [-0.2, 0) is 13.0 Å². The van der Waals surface area contributed by atoms with Crippen LogP contribution in [0.4, 0.5) is 0 Å². The molecule has 0 fully saturated rings.